The normalized spacial score (nSPS) is 24.1. The number of ether oxygens (including phenoxy) is 5. The Bertz CT molecular complexity index is 1240. The summed E-state index contributed by atoms with van der Waals surface area (Å²) in [5.41, 5.74) is 0.267. The van der Waals surface area contributed by atoms with Gasteiger partial charge in [0.2, 0.25) is 0 Å². The molecule has 0 unspecified atom stereocenters. The first-order valence-electron chi connectivity index (χ1n) is 12.0. The fraction of sp³-hybridized carbons (Fsp3) is 0.345. The predicted octanol–water partition coefficient (Wildman–Crippen LogP) is 4.19. The van der Waals surface area contributed by atoms with E-state index in [4.69, 9.17) is 23.7 Å². The third kappa shape index (κ3) is 3.38. The number of fused-ring (bicyclic) bond motifs is 3. The molecule has 2 aliphatic rings. The van der Waals surface area contributed by atoms with Gasteiger partial charge in [-0.3, -0.25) is 10.1 Å². The number of ketones is 1. The first-order valence-corrected chi connectivity index (χ1v) is 12.0. The minimum Gasteiger partial charge on any atom is -0.497 e. The van der Waals surface area contributed by atoms with Crippen LogP contribution in [-0.2, 0) is 20.7 Å². The van der Waals surface area contributed by atoms with Gasteiger partial charge in [-0.1, -0.05) is 42.5 Å². The monoisotopic (exact) mass is 489 g/mol. The van der Waals surface area contributed by atoms with Crippen LogP contribution >= 0.6 is 0 Å². The summed E-state index contributed by atoms with van der Waals surface area (Å²) in [5.74, 6) is 2.17. The van der Waals surface area contributed by atoms with Gasteiger partial charge < -0.3 is 23.7 Å². The van der Waals surface area contributed by atoms with Gasteiger partial charge in [0.1, 0.15) is 23.0 Å². The summed E-state index contributed by atoms with van der Waals surface area (Å²) in [7, 11) is 6.47. The van der Waals surface area contributed by atoms with E-state index >= 15 is 0 Å². The zero-order chi connectivity index (χ0) is 25.3. The Morgan fingerprint density at radius 1 is 0.917 bits per heavy atom. The average molecular weight is 490 g/mol. The zero-order valence-electron chi connectivity index (χ0n) is 21.0. The molecule has 188 valence electrons. The summed E-state index contributed by atoms with van der Waals surface area (Å²) in [6.45, 7) is 0.872. The summed E-state index contributed by atoms with van der Waals surface area (Å²) in [4.78, 5) is 14.3. The van der Waals surface area contributed by atoms with Crippen molar-refractivity contribution in [1.82, 2.24) is 5.32 Å². The summed E-state index contributed by atoms with van der Waals surface area (Å²) in [6, 6.07) is 21.5. The number of hydrogen-bond donors (Lipinski definition) is 1. The molecule has 0 saturated heterocycles. The van der Waals surface area contributed by atoms with Gasteiger partial charge in [0.05, 0.1) is 33.5 Å². The van der Waals surface area contributed by atoms with E-state index in [1.807, 2.05) is 48.5 Å². The van der Waals surface area contributed by atoms with Crippen LogP contribution in [0.15, 0.2) is 66.7 Å². The Balaban J connectivity index is 1.83. The molecule has 7 heteroatoms. The van der Waals surface area contributed by atoms with Crippen molar-refractivity contribution in [2.75, 3.05) is 41.6 Å². The molecule has 7 nitrogen and oxygen atoms in total. The van der Waals surface area contributed by atoms with Crippen molar-refractivity contribution in [2.24, 2.45) is 0 Å². The molecule has 0 spiro atoms. The maximum atomic E-state index is 14.3. The molecule has 36 heavy (non-hydrogen) atoms. The third-order valence-electron chi connectivity index (χ3n) is 7.41. The zero-order valence-corrected chi connectivity index (χ0v) is 21.0. The predicted molar refractivity (Wildman–Crippen MR) is 135 cm³/mol. The fourth-order valence-corrected chi connectivity index (χ4v) is 5.90. The van der Waals surface area contributed by atoms with Crippen LogP contribution in [-0.4, -0.2) is 47.4 Å². The highest BCUT2D eigenvalue weighted by Gasteiger charge is 2.74. The molecule has 1 N–H and O–H groups in total. The van der Waals surface area contributed by atoms with Gasteiger partial charge in [0, 0.05) is 38.1 Å². The van der Waals surface area contributed by atoms with E-state index in [1.54, 1.807) is 34.5 Å². The second-order valence-electron chi connectivity index (χ2n) is 9.03. The molecule has 1 fully saturated rings. The fourth-order valence-electron chi connectivity index (χ4n) is 5.90. The summed E-state index contributed by atoms with van der Waals surface area (Å²) in [6.07, 6.45) is 0.296. The van der Waals surface area contributed by atoms with E-state index in [0.717, 1.165) is 16.9 Å². The lowest BCUT2D eigenvalue weighted by Crippen LogP contribution is -2.60. The molecular weight excluding hydrogens is 458 g/mol. The smallest absolute Gasteiger partial charge is 0.171 e. The second-order valence-corrected chi connectivity index (χ2v) is 9.03. The molecule has 1 heterocycles. The van der Waals surface area contributed by atoms with Crippen LogP contribution in [0.25, 0.3) is 0 Å². The largest absolute Gasteiger partial charge is 0.497 e. The van der Waals surface area contributed by atoms with Crippen LogP contribution in [0, 0.1) is 0 Å². The second kappa shape index (κ2) is 9.48. The number of carbonyl (C=O) groups is 1. The number of rotatable bonds is 9. The standard InChI is InChI=1S/C29H31NO6/c1-32-15-14-30-28-26(31)18-23(19-8-6-5-7-9-19)29(28,20-10-12-21(33-2)13-11-20)36-25-17-22(34-3)16-24(35-4)27(25)28/h5-13,16-17,23,30H,14-15,18H2,1-4H3/t23-,28+,29-/m0/s1. The van der Waals surface area contributed by atoms with Gasteiger partial charge in [-0.05, 0) is 23.3 Å². The summed E-state index contributed by atoms with van der Waals surface area (Å²) < 4.78 is 29.2. The van der Waals surface area contributed by atoms with E-state index < -0.39 is 11.1 Å². The van der Waals surface area contributed by atoms with Crippen LogP contribution in [0.2, 0.25) is 0 Å². The van der Waals surface area contributed by atoms with Crippen molar-refractivity contribution in [3.63, 3.8) is 0 Å². The lowest BCUT2D eigenvalue weighted by Gasteiger charge is -2.42. The van der Waals surface area contributed by atoms with Crippen molar-refractivity contribution in [3.05, 3.63) is 83.4 Å². The van der Waals surface area contributed by atoms with Gasteiger partial charge in [-0.2, -0.15) is 0 Å². The number of Topliss-reactive ketones (excluding diaryl/α,β-unsaturated/α-hetero) is 1. The van der Waals surface area contributed by atoms with Crippen molar-refractivity contribution < 1.29 is 28.5 Å². The molecule has 5 rings (SSSR count). The Morgan fingerprint density at radius 3 is 2.28 bits per heavy atom. The van der Waals surface area contributed by atoms with E-state index in [0.29, 0.717) is 42.4 Å². The van der Waals surface area contributed by atoms with Crippen LogP contribution in [0.4, 0.5) is 0 Å². The van der Waals surface area contributed by atoms with Crippen LogP contribution < -0.4 is 24.3 Å². The molecule has 0 amide bonds. The van der Waals surface area contributed by atoms with Gasteiger partial charge in [-0.15, -0.1) is 0 Å². The van der Waals surface area contributed by atoms with E-state index in [-0.39, 0.29) is 11.7 Å². The Kier molecular flexibility index (Phi) is 6.36. The lowest BCUT2D eigenvalue weighted by molar-refractivity contribution is -0.127. The highest BCUT2D eigenvalue weighted by molar-refractivity contribution is 5.98. The summed E-state index contributed by atoms with van der Waals surface area (Å²) >= 11 is 0. The minimum atomic E-state index is -1.21. The lowest BCUT2D eigenvalue weighted by atomic mass is 9.69. The Morgan fingerprint density at radius 2 is 1.64 bits per heavy atom. The maximum absolute atomic E-state index is 14.3. The molecule has 3 aromatic rings. The van der Waals surface area contributed by atoms with Crippen molar-refractivity contribution >= 4 is 5.78 Å². The quantitative estimate of drug-likeness (QED) is 0.452. The van der Waals surface area contributed by atoms with Crippen molar-refractivity contribution in [1.29, 1.82) is 0 Å². The molecule has 1 aliphatic heterocycles. The molecule has 1 aliphatic carbocycles. The van der Waals surface area contributed by atoms with Gasteiger partial charge in [0.25, 0.3) is 0 Å². The van der Waals surface area contributed by atoms with Crippen molar-refractivity contribution in [3.8, 4) is 23.0 Å². The first-order chi connectivity index (χ1) is 17.5. The number of benzene rings is 3. The average Bonchev–Trinajstić information content (AvgIpc) is 3.36. The molecule has 0 aromatic heterocycles. The number of nitrogens with one attached hydrogen (secondary N) is 1. The third-order valence-corrected chi connectivity index (χ3v) is 7.41. The molecule has 3 aromatic carbocycles. The number of carbonyl (C=O) groups excluding carboxylic acids is 1. The first kappa shape index (κ1) is 24.2. The van der Waals surface area contributed by atoms with Crippen molar-refractivity contribution in [2.45, 2.75) is 23.5 Å². The highest BCUT2D eigenvalue weighted by atomic mass is 16.5. The number of hydrogen-bond acceptors (Lipinski definition) is 7. The Labute approximate surface area is 211 Å². The Hall–Kier alpha value is -3.55. The highest BCUT2D eigenvalue weighted by Crippen LogP contribution is 2.67. The molecule has 1 saturated carbocycles. The minimum absolute atomic E-state index is 0.0329. The molecular formula is C29H31NO6. The summed E-state index contributed by atoms with van der Waals surface area (Å²) in [5, 5.41) is 3.59. The van der Waals surface area contributed by atoms with Gasteiger partial charge in [-0.25, -0.2) is 0 Å². The molecule has 0 bridgehead atoms. The van der Waals surface area contributed by atoms with E-state index in [2.05, 4.69) is 17.4 Å². The van der Waals surface area contributed by atoms with Crippen LogP contribution in [0.1, 0.15) is 29.0 Å². The number of methoxy groups -OCH3 is 4. The molecule has 3 atom stereocenters. The van der Waals surface area contributed by atoms with Gasteiger partial charge in [0.15, 0.2) is 16.9 Å². The SMILES string of the molecule is COCCN[C@@]12C(=O)C[C@@H](c3ccccc3)[C@]1(c1ccc(OC)cc1)Oc1cc(OC)cc(OC)c12. The van der Waals surface area contributed by atoms with Gasteiger partial charge >= 0.3 is 0 Å². The van der Waals surface area contributed by atoms with E-state index in [1.165, 1.54) is 0 Å². The van der Waals surface area contributed by atoms with Crippen LogP contribution in [0.5, 0.6) is 23.0 Å². The topological polar surface area (TPSA) is 75.3 Å². The van der Waals surface area contributed by atoms with E-state index in [9.17, 15) is 4.79 Å². The maximum Gasteiger partial charge on any atom is 0.171 e. The molecule has 0 radical (unpaired) electrons. The van der Waals surface area contributed by atoms with Crippen LogP contribution in [0.3, 0.4) is 0 Å².